The summed E-state index contributed by atoms with van der Waals surface area (Å²) in [7, 11) is 0. The van der Waals surface area contributed by atoms with E-state index in [1.165, 1.54) is 6.07 Å². The summed E-state index contributed by atoms with van der Waals surface area (Å²) < 4.78 is 0. The van der Waals surface area contributed by atoms with Crippen molar-refractivity contribution in [2.75, 3.05) is 42.5 Å². The maximum atomic E-state index is 13.3. The highest BCUT2D eigenvalue weighted by molar-refractivity contribution is 5.95. The summed E-state index contributed by atoms with van der Waals surface area (Å²) >= 11 is 0. The molecule has 9 heteroatoms. The first-order valence-electron chi connectivity index (χ1n) is 12.3. The summed E-state index contributed by atoms with van der Waals surface area (Å²) in [5.41, 5.74) is 2.94. The molecule has 0 bridgehead atoms. The third-order valence-corrected chi connectivity index (χ3v) is 7.44. The van der Waals surface area contributed by atoms with Crippen molar-refractivity contribution < 1.29 is 9.72 Å². The fourth-order valence-electron chi connectivity index (χ4n) is 5.22. The number of nitro groups is 1. The molecule has 34 heavy (non-hydrogen) atoms. The summed E-state index contributed by atoms with van der Waals surface area (Å²) in [6.07, 6.45) is 5.26. The number of fused-ring (bicyclic) bond motifs is 1. The summed E-state index contributed by atoms with van der Waals surface area (Å²) in [4.78, 5) is 40.7. The molecule has 2 fully saturated rings. The predicted octanol–water partition coefficient (Wildman–Crippen LogP) is 3.73. The molecule has 0 unspecified atom stereocenters. The molecule has 0 saturated carbocycles. The van der Waals surface area contributed by atoms with E-state index in [0.717, 1.165) is 80.8 Å². The Morgan fingerprint density at radius 2 is 1.79 bits per heavy atom. The lowest BCUT2D eigenvalue weighted by Gasteiger charge is -2.35. The normalized spacial score (nSPS) is 18.8. The largest absolute Gasteiger partial charge is 0.356 e. The van der Waals surface area contributed by atoms with Crippen molar-refractivity contribution in [3.63, 3.8) is 0 Å². The number of benzene rings is 1. The average Bonchev–Trinajstić information content (AvgIpc) is 3.38. The van der Waals surface area contributed by atoms with Gasteiger partial charge in [-0.2, -0.15) is 4.98 Å². The van der Waals surface area contributed by atoms with Gasteiger partial charge >= 0.3 is 0 Å². The number of aromatic nitrogens is 2. The molecular weight excluding hydrogens is 432 g/mol. The molecule has 2 saturated heterocycles. The minimum Gasteiger partial charge on any atom is -0.356 e. The number of carbonyl (C=O) groups excluding carboxylic acids is 1. The van der Waals surface area contributed by atoms with Crippen LogP contribution in [0.3, 0.4) is 0 Å². The lowest BCUT2D eigenvalue weighted by molar-refractivity contribution is -0.385. The minimum absolute atomic E-state index is 0.0233. The zero-order valence-corrected chi connectivity index (χ0v) is 20.0. The van der Waals surface area contributed by atoms with E-state index < -0.39 is 4.92 Å². The second-order valence-corrected chi connectivity index (χ2v) is 9.87. The standard InChI is InChI=1S/C25H32N6O3/c1-17-7-12-29(13-8-17)25-26-21-9-14-30(16-20(21)23(27-25)28-10-3-4-11-28)24(32)19-6-5-18(2)22(15-19)31(33)34/h5-6,15,17H,3-4,7-14,16H2,1-2H3. The van der Waals surface area contributed by atoms with Gasteiger partial charge in [-0.3, -0.25) is 14.9 Å². The van der Waals surface area contributed by atoms with E-state index in [0.29, 0.717) is 30.6 Å². The maximum absolute atomic E-state index is 13.3. The van der Waals surface area contributed by atoms with E-state index in [9.17, 15) is 14.9 Å². The predicted molar refractivity (Wildman–Crippen MR) is 130 cm³/mol. The number of hydrogen-bond acceptors (Lipinski definition) is 7. The first-order chi connectivity index (χ1) is 16.4. The van der Waals surface area contributed by atoms with Crippen LogP contribution in [0, 0.1) is 23.0 Å². The number of hydrogen-bond donors (Lipinski definition) is 0. The SMILES string of the molecule is Cc1ccc(C(=O)N2CCc3nc(N4CCC(C)CC4)nc(N4CCCC4)c3C2)cc1[N+](=O)[O-]. The van der Waals surface area contributed by atoms with Crippen molar-refractivity contribution in [3.05, 3.63) is 50.7 Å². The molecule has 1 aromatic carbocycles. The third-order valence-electron chi connectivity index (χ3n) is 7.44. The maximum Gasteiger partial charge on any atom is 0.273 e. The fourth-order valence-corrected chi connectivity index (χ4v) is 5.22. The van der Waals surface area contributed by atoms with Crippen LogP contribution in [0.5, 0.6) is 0 Å². The van der Waals surface area contributed by atoms with Gasteiger partial charge in [0.2, 0.25) is 5.95 Å². The molecule has 1 amide bonds. The molecule has 3 aliphatic rings. The number of anilines is 2. The van der Waals surface area contributed by atoms with Crippen LogP contribution in [0.15, 0.2) is 18.2 Å². The Bertz CT molecular complexity index is 1110. The Labute approximate surface area is 199 Å². The van der Waals surface area contributed by atoms with Gasteiger partial charge in [0.15, 0.2) is 0 Å². The molecule has 9 nitrogen and oxygen atoms in total. The smallest absolute Gasteiger partial charge is 0.273 e. The Kier molecular flexibility index (Phi) is 6.10. The number of aryl methyl sites for hydroxylation is 1. The molecule has 0 atom stereocenters. The molecule has 1 aromatic heterocycles. The molecular formula is C25H32N6O3. The number of amides is 1. The van der Waals surface area contributed by atoms with Crippen LogP contribution in [0.1, 0.15) is 59.8 Å². The van der Waals surface area contributed by atoms with Crippen LogP contribution in [0.25, 0.3) is 0 Å². The lowest BCUT2D eigenvalue weighted by atomic mass is 9.99. The molecule has 0 aliphatic carbocycles. The zero-order valence-electron chi connectivity index (χ0n) is 20.0. The highest BCUT2D eigenvalue weighted by atomic mass is 16.6. The molecule has 5 rings (SSSR count). The summed E-state index contributed by atoms with van der Waals surface area (Å²) in [5, 5.41) is 11.4. The van der Waals surface area contributed by atoms with Crippen molar-refractivity contribution in [2.45, 2.75) is 52.5 Å². The van der Waals surface area contributed by atoms with Gasteiger partial charge < -0.3 is 14.7 Å². The third kappa shape index (κ3) is 4.31. The number of rotatable bonds is 4. The van der Waals surface area contributed by atoms with Gasteiger partial charge in [-0.25, -0.2) is 4.98 Å². The molecule has 0 N–H and O–H groups in total. The van der Waals surface area contributed by atoms with Crippen molar-refractivity contribution in [1.29, 1.82) is 0 Å². The second kappa shape index (κ2) is 9.19. The Balaban J connectivity index is 1.45. The quantitative estimate of drug-likeness (QED) is 0.502. The van der Waals surface area contributed by atoms with Crippen LogP contribution >= 0.6 is 0 Å². The van der Waals surface area contributed by atoms with Gasteiger partial charge in [0.05, 0.1) is 17.2 Å². The lowest BCUT2D eigenvalue weighted by Crippen LogP contribution is -2.39. The van der Waals surface area contributed by atoms with Crippen LogP contribution in [-0.2, 0) is 13.0 Å². The number of piperidine rings is 1. The van der Waals surface area contributed by atoms with E-state index in [1.807, 2.05) is 0 Å². The van der Waals surface area contributed by atoms with Gasteiger partial charge in [-0.15, -0.1) is 0 Å². The van der Waals surface area contributed by atoms with E-state index >= 15 is 0 Å². The first kappa shape index (κ1) is 22.6. The number of nitro benzene ring substituents is 1. The fraction of sp³-hybridized carbons (Fsp3) is 0.560. The highest BCUT2D eigenvalue weighted by Gasteiger charge is 2.31. The van der Waals surface area contributed by atoms with Gasteiger partial charge in [-0.1, -0.05) is 13.0 Å². The monoisotopic (exact) mass is 464 g/mol. The number of nitrogens with zero attached hydrogens (tertiary/aromatic N) is 6. The van der Waals surface area contributed by atoms with Crippen molar-refractivity contribution in [2.24, 2.45) is 5.92 Å². The number of carbonyl (C=O) groups is 1. The van der Waals surface area contributed by atoms with Crippen LogP contribution in [0.2, 0.25) is 0 Å². The average molecular weight is 465 g/mol. The topological polar surface area (TPSA) is 95.7 Å². The Hall–Kier alpha value is -3.23. The summed E-state index contributed by atoms with van der Waals surface area (Å²) in [6, 6.07) is 4.72. The van der Waals surface area contributed by atoms with Crippen molar-refractivity contribution in [3.8, 4) is 0 Å². The van der Waals surface area contributed by atoms with Gasteiger partial charge in [-0.05, 0) is 44.6 Å². The van der Waals surface area contributed by atoms with Gasteiger partial charge in [0, 0.05) is 61.9 Å². The van der Waals surface area contributed by atoms with Gasteiger partial charge in [0.25, 0.3) is 11.6 Å². The molecule has 4 heterocycles. The molecule has 0 spiro atoms. The molecule has 180 valence electrons. The Morgan fingerprint density at radius 3 is 2.50 bits per heavy atom. The summed E-state index contributed by atoms with van der Waals surface area (Å²) in [5.74, 6) is 2.34. The van der Waals surface area contributed by atoms with Crippen LogP contribution < -0.4 is 9.80 Å². The van der Waals surface area contributed by atoms with Crippen molar-refractivity contribution in [1.82, 2.24) is 14.9 Å². The molecule has 2 aromatic rings. The first-order valence-corrected chi connectivity index (χ1v) is 12.3. The Morgan fingerprint density at radius 1 is 1.06 bits per heavy atom. The van der Waals surface area contributed by atoms with Crippen LogP contribution in [0.4, 0.5) is 17.5 Å². The summed E-state index contributed by atoms with van der Waals surface area (Å²) in [6.45, 7) is 8.86. The van der Waals surface area contributed by atoms with Crippen LogP contribution in [-0.4, -0.2) is 58.4 Å². The second-order valence-electron chi connectivity index (χ2n) is 9.87. The highest BCUT2D eigenvalue weighted by Crippen LogP contribution is 2.33. The zero-order chi connectivity index (χ0) is 23.8. The van der Waals surface area contributed by atoms with E-state index in [1.54, 1.807) is 24.0 Å². The van der Waals surface area contributed by atoms with Crippen molar-refractivity contribution >= 4 is 23.4 Å². The molecule has 0 radical (unpaired) electrons. The van der Waals surface area contributed by atoms with Gasteiger partial charge in [0.1, 0.15) is 5.82 Å². The van der Waals surface area contributed by atoms with E-state index in [-0.39, 0.29) is 11.6 Å². The van der Waals surface area contributed by atoms with E-state index in [2.05, 4.69) is 16.7 Å². The molecule has 3 aliphatic heterocycles. The minimum atomic E-state index is -0.431. The van der Waals surface area contributed by atoms with E-state index in [4.69, 9.17) is 9.97 Å².